The lowest BCUT2D eigenvalue weighted by atomic mass is 10.1. The Morgan fingerprint density at radius 1 is 1.58 bits per heavy atom. The zero-order valence-corrected chi connectivity index (χ0v) is 7.73. The largest absolute Gasteiger partial charge is 0.313 e. The second kappa shape index (κ2) is 3.83. The van der Waals surface area contributed by atoms with E-state index < -0.39 is 0 Å². The van der Waals surface area contributed by atoms with Crippen LogP contribution in [0, 0.1) is 0 Å². The highest BCUT2D eigenvalue weighted by Gasteiger charge is 2.04. The molecule has 0 fully saturated rings. The van der Waals surface area contributed by atoms with Crippen LogP contribution in [0.15, 0.2) is 23.2 Å². The van der Waals surface area contributed by atoms with Gasteiger partial charge in [-0.15, -0.1) is 11.3 Å². The predicted molar refractivity (Wildman–Crippen MR) is 51.4 cm³/mol. The van der Waals surface area contributed by atoms with Crippen molar-refractivity contribution in [3.63, 3.8) is 0 Å². The minimum atomic E-state index is 1.03. The Hall–Kier alpha value is -0.670. The molecule has 0 atom stereocenters. The summed E-state index contributed by atoms with van der Waals surface area (Å²) in [6.45, 7) is 2.15. The quantitative estimate of drug-likeness (QED) is 0.699. The van der Waals surface area contributed by atoms with Gasteiger partial charge in [-0.2, -0.15) is 0 Å². The third kappa shape index (κ3) is 1.93. The smallest absolute Gasteiger partial charge is 0.0965 e. The van der Waals surface area contributed by atoms with E-state index in [1.165, 1.54) is 17.0 Å². The van der Waals surface area contributed by atoms with Crippen LogP contribution in [-0.2, 0) is 6.42 Å². The third-order valence-electron chi connectivity index (χ3n) is 2.02. The van der Waals surface area contributed by atoms with Gasteiger partial charge in [-0.25, -0.2) is 4.98 Å². The lowest BCUT2D eigenvalue weighted by molar-refractivity contribution is 0.691. The van der Waals surface area contributed by atoms with Gasteiger partial charge in [0.05, 0.1) is 5.01 Å². The van der Waals surface area contributed by atoms with Crippen LogP contribution in [0.3, 0.4) is 0 Å². The molecular weight excluding hydrogens is 168 g/mol. The molecule has 0 aromatic carbocycles. The second-order valence-electron chi connectivity index (χ2n) is 2.92. The molecule has 0 saturated carbocycles. The van der Waals surface area contributed by atoms with Gasteiger partial charge in [-0.3, -0.25) is 0 Å². The molecule has 0 saturated heterocycles. The zero-order valence-electron chi connectivity index (χ0n) is 6.92. The molecule has 3 heteroatoms. The van der Waals surface area contributed by atoms with Crippen molar-refractivity contribution >= 4 is 11.3 Å². The summed E-state index contributed by atoms with van der Waals surface area (Å²) >= 11 is 1.74. The Morgan fingerprint density at radius 2 is 2.58 bits per heavy atom. The molecule has 64 valence electrons. The zero-order chi connectivity index (χ0) is 8.23. The average Bonchev–Trinajstić information content (AvgIpc) is 2.59. The Labute approximate surface area is 76.3 Å². The van der Waals surface area contributed by atoms with Crippen molar-refractivity contribution in [2.24, 2.45) is 0 Å². The standard InChI is InChI=1S/C9H12N2S/c1-3-10-4-2-8(1)7-9-11-5-6-12-9/h1,5-6,10H,2-4,7H2. The summed E-state index contributed by atoms with van der Waals surface area (Å²) in [6.07, 6.45) is 6.39. The normalized spacial score (nSPS) is 17.5. The Morgan fingerprint density at radius 3 is 3.25 bits per heavy atom. The molecule has 0 unspecified atom stereocenters. The fourth-order valence-electron chi connectivity index (χ4n) is 1.36. The van der Waals surface area contributed by atoms with Gasteiger partial charge in [0.15, 0.2) is 0 Å². The molecule has 0 radical (unpaired) electrons. The molecule has 1 aliphatic heterocycles. The first-order valence-electron chi connectivity index (χ1n) is 4.22. The fraction of sp³-hybridized carbons (Fsp3) is 0.444. The van der Waals surface area contributed by atoms with Crippen molar-refractivity contribution in [3.05, 3.63) is 28.2 Å². The summed E-state index contributed by atoms with van der Waals surface area (Å²) in [5, 5.41) is 6.58. The molecule has 2 nitrogen and oxygen atoms in total. The molecule has 2 rings (SSSR count). The van der Waals surface area contributed by atoms with Crippen LogP contribution in [0.25, 0.3) is 0 Å². The highest BCUT2D eigenvalue weighted by Crippen LogP contribution is 2.14. The van der Waals surface area contributed by atoms with Crippen molar-refractivity contribution in [1.82, 2.24) is 10.3 Å². The van der Waals surface area contributed by atoms with Crippen molar-refractivity contribution in [1.29, 1.82) is 0 Å². The van der Waals surface area contributed by atoms with E-state index in [4.69, 9.17) is 0 Å². The van der Waals surface area contributed by atoms with Gasteiger partial charge in [-0.05, 0) is 13.0 Å². The molecule has 1 aromatic rings. The molecule has 0 spiro atoms. The van der Waals surface area contributed by atoms with Crippen LogP contribution in [0.1, 0.15) is 11.4 Å². The van der Waals surface area contributed by atoms with Gasteiger partial charge in [0.25, 0.3) is 0 Å². The molecular formula is C9H12N2S. The predicted octanol–water partition coefficient (Wildman–Crippen LogP) is 1.61. The van der Waals surface area contributed by atoms with E-state index in [1.54, 1.807) is 11.3 Å². The number of hydrogen-bond acceptors (Lipinski definition) is 3. The third-order valence-corrected chi connectivity index (χ3v) is 2.80. The van der Waals surface area contributed by atoms with E-state index in [9.17, 15) is 0 Å². The van der Waals surface area contributed by atoms with E-state index in [0.29, 0.717) is 0 Å². The SMILES string of the molecule is C1=C(Cc2nccs2)CCNC1. The summed E-state index contributed by atoms with van der Waals surface area (Å²) in [5.74, 6) is 0. The van der Waals surface area contributed by atoms with E-state index in [2.05, 4.69) is 16.4 Å². The number of nitrogens with zero attached hydrogens (tertiary/aromatic N) is 1. The highest BCUT2D eigenvalue weighted by atomic mass is 32.1. The van der Waals surface area contributed by atoms with Crippen molar-refractivity contribution in [3.8, 4) is 0 Å². The van der Waals surface area contributed by atoms with Gasteiger partial charge < -0.3 is 5.32 Å². The van der Waals surface area contributed by atoms with Crippen LogP contribution in [0.4, 0.5) is 0 Å². The first kappa shape index (κ1) is 7.95. The number of rotatable bonds is 2. The Kier molecular flexibility index (Phi) is 2.54. The van der Waals surface area contributed by atoms with Crippen LogP contribution in [0.2, 0.25) is 0 Å². The summed E-state index contributed by atoms with van der Waals surface area (Å²) in [7, 11) is 0. The van der Waals surface area contributed by atoms with Gasteiger partial charge >= 0.3 is 0 Å². The van der Waals surface area contributed by atoms with Gasteiger partial charge in [-0.1, -0.05) is 11.6 Å². The number of hydrogen-bond donors (Lipinski definition) is 1. The summed E-state index contributed by atoms with van der Waals surface area (Å²) < 4.78 is 0. The molecule has 12 heavy (non-hydrogen) atoms. The molecule has 0 aliphatic carbocycles. The Balaban J connectivity index is 1.98. The van der Waals surface area contributed by atoms with Crippen LogP contribution >= 0.6 is 11.3 Å². The summed E-state index contributed by atoms with van der Waals surface area (Å²) in [6, 6.07) is 0. The topological polar surface area (TPSA) is 24.9 Å². The van der Waals surface area contributed by atoms with Crippen LogP contribution in [0.5, 0.6) is 0 Å². The first-order valence-corrected chi connectivity index (χ1v) is 5.10. The Bertz CT molecular complexity index is 264. The number of nitrogens with one attached hydrogen (secondary N) is 1. The minimum absolute atomic E-state index is 1.03. The van der Waals surface area contributed by atoms with E-state index >= 15 is 0 Å². The average molecular weight is 180 g/mol. The van der Waals surface area contributed by atoms with Gasteiger partial charge in [0.2, 0.25) is 0 Å². The van der Waals surface area contributed by atoms with E-state index in [-0.39, 0.29) is 0 Å². The van der Waals surface area contributed by atoms with Gasteiger partial charge in [0, 0.05) is 24.5 Å². The number of aromatic nitrogens is 1. The van der Waals surface area contributed by atoms with Crippen molar-refractivity contribution in [2.45, 2.75) is 12.8 Å². The maximum atomic E-state index is 4.27. The molecule has 1 aliphatic rings. The molecule has 1 N–H and O–H groups in total. The number of thiazole rings is 1. The molecule has 1 aromatic heterocycles. The second-order valence-corrected chi connectivity index (χ2v) is 3.90. The van der Waals surface area contributed by atoms with E-state index in [1.807, 2.05) is 11.6 Å². The monoisotopic (exact) mass is 180 g/mol. The lowest BCUT2D eigenvalue weighted by Crippen LogP contribution is -2.21. The lowest BCUT2D eigenvalue weighted by Gasteiger charge is -2.12. The molecule has 0 amide bonds. The van der Waals surface area contributed by atoms with Crippen LogP contribution < -0.4 is 5.32 Å². The molecule has 0 bridgehead atoms. The van der Waals surface area contributed by atoms with Crippen molar-refractivity contribution < 1.29 is 0 Å². The minimum Gasteiger partial charge on any atom is -0.313 e. The maximum absolute atomic E-state index is 4.27. The fourth-order valence-corrected chi connectivity index (χ4v) is 2.03. The van der Waals surface area contributed by atoms with E-state index in [0.717, 1.165) is 19.5 Å². The highest BCUT2D eigenvalue weighted by molar-refractivity contribution is 7.09. The first-order chi connectivity index (χ1) is 5.95. The summed E-state index contributed by atoms with van der Waals surface area (Å²) in [5.41, 5.74) is 1.53. The molecule has 2 heterocycles. The van der Waals surface area contributed by atoms with Crippen LogP contribution in [-0.4, -0.2) is 18.1 Å². The van der Waals surface area contributed by atoms with Crippen molar-refractivity contribution in [2.75, 3.05) is 13.1 Å². The summed E-state index contributed by atoms with van der Waals surface area (Å²) in [4.78, 5) is 4.27. The van der Waals surface area contributed by atoms with Gasteiger partial charge in [0.1, 0.15) is 0 Å². The maximum Gasteiger partial charge on any atom is 0.0965 e.